The van der Waals surface area contributed by atoms with Crippen LogP contribution in [0, 0.1) is 17.2 Å². The van der Waals surface area contributed by atoms with E-state index in [1.807, 2.05) is 6.92 Å². The number of nitrogens with zero attached hydrogens (tertiary/aromatic N) is 3. The molecule has 1 fully saturated rings. The van der Waals surface area contributed by atoms with Crippen molar-refractivity contribution in [3.63, 3.8) is 0 Å². The summed E-state index contributed by atoms with van der Waals surface area (Å²) in [6.07, 6.45) is 0. The lowest BCUT2D eigenvalue weighted by Gasteiger charge is -2.34. The standard InChI is InChI=1S/C15H21N3O3S/c1-13(11-16)12-17-7-9-18(10-8-17)22(19,20)15-5-3-14(21-2)4-6-15/h3-6,13H,7-10,12H2,1-2H3/t13-/m1/s1. The van der Waals surface area contributed by atoms with Crippen LogP contribution in [0.3, 0.4) is 0 Å². The van der Waals surface area contributed by atoms with Gasteiger partial charge in [-0.15, -0.1) is 0 Å². The van der Waals surface area contributed by atoms with Crippen LogP contribution in [0.25, 0.3) is 0 Å². The van der Waals surface area contributed by atoms with Crippen LogP contribution >= 0.6 is 0 Å². The molecule has 0 spiro atoms. The monoisotopic (exact) mass is 323 g/mol. The highest BCUT2D eigenvalue weighted by molar-refractivity contribution is 7.89. The second kappa shape index (κ2) is 7.09. The zero-order valence-corrected chi connectivity index (χ0v) is 13.7. The Morgan fingerprint density at radius 3 is 2.32 bits per heavy atom. The average molecular weight is 323 g/mol. The van der Waals surface area contributed by atoms with Crippen LogP contribution in [-0.2, 0) is 10.0 Å². The lowest BCUT2D eigenvalue weighted by atomic mass is 10.2. The van der Waals surface area contributed by atoms with Crippen LogP contribution in [0.4, 0.5) is 0 Å². The van der Waals surface area contributed by atoms with E-state index >= 15 is 0 Å². The number of methoxy groups -OCH3 is 1. The lowest BCUT2D eigenvalue weighted by molar-refractivity contribution is 0.178. The molecule has 1 aromatic carbocycles. The molecule has 1 heterocycles. The molecule has 0 N–H and O–H groups in total. The molecule has 1 atom stereocenters. The summed E-state index contributed by atoms with van der Waals surface area (Å²) < 4.78 is 31.7. The normalized spacial score (nSPS) is 18.6. The van der Waals surface area contributed by atoms with Gasteiger partial charge in [-0.2, -0.15) is 9.57 Å². The van der Waals surface area contributed by atoms with Crippen molar-refractivity contribution in [2.45, 2.75) is 11.8 Å². The maximum Gasteiger partial charge on any atom is 0.243 e. The van der Waals surface area contributed by atoms with Gasteiger partial charge in [0.1, 0.15) is 5.75 Å². The van der Waals surface area contributed by atoms with E-state index in [1.54, 1.807) is 31.4 Å². The minimum atomic E-state index is -3.46. The highest BCUT2D eigenvalue weighted by Gasteiger charge is 2.28. The molecule has 1 saturated heterocycles. The summed E-state index contributed by atoms with van der Waals surface area (Å²) >= 11 is 0. The molecule has 0 aromatic heterocycles. The second-order valence-electron chi connectivity index (χ2n) is 5.41. The Labute approximate surface area is 131 Å². The lowest BCUT2D eigenvalue weighted by Crippen LogP contribution is -2.49. The van der Waals surface area contributed by atoms with Gasteiger partial charge >= 0.3 is 0 Å². The minimum Gasteiger partial charge on any atom is -0.497 e. The predicted octanol–water partition coefficient (Wildman–Crippen LogP) is 1.16. The predicted molar refractivity (Wildman–Crippen MR) is 83.0 cm³/mol. The minimum absolute atomic E-state index is 0.0373. The molecule has 120 valence electrons. The number of sulfonamides is 1. The van der Waals surface area contributed by atoms with Gasteiger partial charge < -0.3 is 4.74 Å². The van der Waals surface area contributed by atoms with Gasteiger partial charge in [-0.1, -0.05) is 0 Å². The van der Waals surface area contributed by atoms with Crippen molar-refractivity contribution in [2.24, 2.45) is 5.92 Å². The number of hydrogen-bond donors (Lipinski definition) is 0. The first kappa shape index (κ1) is 16.7. The molecular weight excluding hydrogens is 302 g/mol. The molecule has 0 aliphatic carbocycles. The zero-order valence-electron chi connectivity index (χ0n) is 12.9. The van der Waals surface area contributed by atoms with E-state index in [-0.39, 0.29) is 10.8 Å². The van der Waals surface area contributed by atoms with E-state index in [0.29, 0.717) is 38.5 Å². The van der Waals surface area contributed by atoms with Crippen molar-refractivity contribution >= 4 is 10.0 Å². The molecule has 7 heteroatoms. The molecule has 6 nitrogen and oxygen atoms in total. The Morgan fingerprint density at radius 1 is 1.23 bits per heavy atom. The Balaban J connectivity index is 2.01. The number of ether oxygens (including phenoxy) is 1. The van der Waals surface area contributed by atoms with Crippen molar-refractivity contribution in [1.29, 1.82) is 5.26 Å². The molecule has 1 aliphatic heterocycles. The first-order chi connectivity index (χ1) is 10.5. The number of nitriles is 1. The van der Waals surface area contributed by atoms with Gasteiger partial charge in [0, 0.05) is 32.7 Å². The van der Waals surface area contributed by atoms with E-state index in [1.165, 1.54) is 4.31 Å². The fourth-order valence-electron chi connectivity index (χ4n) is 2.48. The first-order valence-corrected chi connectivity index (χ1v) is 8.67. The third kappa shape index (κ3) is 3.77. The summed E-state index contributed by atoms with van der Waals surface area (Å²) in [4.78, 5) is 2.42. The molecule has 2 rings (SSSR count). The van der Waals surface area contributed by atoms with Crippen molar-refractivity contribution in [1.82, 2.24) is 9.21 Å². The van der Waals surface area contributed by atoms with Crippen LogP contribution in [-0.4, -0.2) is 57.5 Å². The molecule has 0 unspecified atom stereocenters. The summed E-state index contributed by atoms with van der Waals surface area (Å²) in [5.74, 6) is 0.596. The van der Waals surface area contributed by atoms with Crippen LogP contribution in [0.1, 0.15) is 6.92 Å². The van der Waals surface area contributed by atoms with E-state index < -0.39 is 10.0 Å². The summed E-state index contributed by atoms with van der Waals surface area (Å²) in [6, 6.07) is 8.64. The van der Waals surface area contributed by atoms with Gasteiger partial charge in [-0.05, 0) is 31.2 Å². The summed E-state index contributed by atoms with van der Waals surface area (Å²) in [5.41, 5.74) is 0. The maximum absolute atomic E-state index is 12.6. The molecule has 0 radical (unpaired) electrons. The summed E-state index contributed by atoms with van der Waals surface area (Å²) in [6.45, 7) is 4.77. The Morgan fingerprint density at radius 2 is 1.82 bits per heavy atom. The van der Waals surface area contributed by atoms with Gasteiger partial charge in [0.05, 0.1) is 24.0 Å². The zero-order chi connectivity index (χ0) is 16.2. The van der Waals surface area contributed by atoms with Gasteiger partial charge in [0.2, 0.25) is 10.0 Å². The highest BCUT2D eigenvalue weighted by atomic mass is 32.2. The fraction of sp³-hybridized carbons (Fsp3) is 0.533. The molecule has 1 aliphatic rings. The number of hydrogen-bond acceptors (Lipinski definition) is 5. The molecule has 22 heavy (non-hydrogen) atoms. The van der Waals surface area contributed by atoms with Gasteiger partial charge in [0.25, 0.3) is 0 Å². The van der Waals surface area contributed by atoms with E-state index in [2.05, 4.69) is 11.0 Å². The van der Waals surface area contributed by atoms with E-state index in [9.17, 15) is 8.42 Å². The SMILES string of the molecule is COc1ccc(S(=O)(=O)N2CCN(C[C@H](C)C#N)CC2)cc1. The van der Waals surface area contributed by atoms with Gasteiger partial charge in [0.15, 0.2) is 0 Å². The summed E-state index contributed by atoms with van der Waals surface area (Å²) in [7, 11) is -1.91. The Kier molecular flexibility index (Phi) is 5.40. The maximum atomic E-state index is 12.6. The first-order valence-electron chi connectivity index (χ1n) is 7.23. The summed E-state index contributed by atoms with van der Waals surface area (Å²) in [5, 5.41) is 8.84. The molecule has 0 bridgehead atoms. The molecule has 0 saturated carbocycles. The molecule has 0 amide bonds. The van der Waals surface area contributed by atoms with Crippen LogP contribution in [0.2, 0.25) is 0 Å². The van der Waals surface area contributed by atoms with Crippen LogP contribution in [0.5, 0.6) is 5.75 Å². The Hall–Kier alpha value is -1.62. The smallest absolute Gasteiger partial charge is 0.243 e. The molecular formula is C15H21N3O3S. The largest absolute Gasteiger partial charge is 0.497 e. The number of benzene rings is 1. The van der Waals surface area contributed by atoms with E-state index in [0.717, 1.165) is 0 Å². The quantitative estimate of drug-likeness (QED) is 0.813. The van der Waals surface area contributed by atoms with Crippen LogP contribution in [0.15, 0.2) is 29.2 Å². The fourth-order valence-corrected chi connectivity index (χ4v) is 3.90. The van der Waals surface area contributed by atoms with Crippen molar-refractivity contribution in [3.05, 3.63) is 24.3 Å². The van der Waals surface area contributed by atoms with Gasteiger partial charge in [-0.25, -0.2) is 8.42 Å². The topological polar surface area (TPSA) is 73.6 Å². The third-order valence-electron chi connectivity index (χ3n) is 3.78. The van der Waals surface area contributed by atoms with Crippen LogP contribution < -0.4 is 4.74 Å². The van der Waals surface area contributed by atoms with Crippen molar-refractivity contribution in [3.8, 4) is 11.8 Å². The number of rotatable bonds is 5. The van der Waals surface area contributed by atoms with Crippen molar-refractivity contribution < 1.29 is 13.2 Å². The third-order valence-corrected chi connectivity index (χ3v) is 5.69. The molecule has 1 aromatic rings. The highest BCUT2D eigenvalue weighted by Crippen LogP contribution is 2.20. The van der Waals surface area contributed by atoms with Crippen molar-refractivity contribution in [2.75, 3.05) is 39.8 Å². The van der Waals surface area contributed by atoms with Gasteiger partial charge in [-0.3, -0.25) is 4.90 Å². The average Bonchev–Trinajstić information content (AvgIpc) is 2.55. The second-order valence-corrected chi connectivity index (χ2v) is 7.35. The van der Waals surface area contributed by atoms with E-state index in [4.69, 9.17) is 10.00 Å². The number of piperazine rings is 1. The Bertz CT molecular complexity index is 629.